The van der Waals surface area contributed by atoms with E-state index in [1.165, 1.54) is 0 Å². The maximum Gasteiger partial charge on any atom is 0.101 e. The van der Waals surface area contributed by atoms with Crippen molar-refractivity contribution in [1.82, 2.24) is 0 Å². The second-order valence-corrected chi connectivity index (χ2v) is 10.8. The van der Waals surface area contributed by atoms with Gasteiger partial charge in [-0.25, -0.2) is 0 Å². The summed E-state index contributed by atoms with van der Waals surface area (Å²) in [6, 6.07) is 0. The molecule has 128 valence electrons. The van der Waals surface area contributed by atoms with Gasteiger partial charge in [0.1, 0.15) is 16.8 Å². The average Bonchev–Trinajstić information content (AvgIpc) is 3.09. The van der Waals surface area contributed by atoms with E-state index in [4.69, 9.17) is 9.47 Å². The van der Waals surface area contributed by atoms with Gasteiger partial charge >= 0.3 is 0 Å². The summed E-state index contributed by atoms with van der Waals surface area (Å²) < 4.78 is 12.9. The summed E-state index contributed by atoms with van der Waals surface area (Å²) in [6.45, 7) is 28.3. The molecule has 3 aliphatic rings. The normalized spacial score (nSPS) is 56.2. The Morgan fingerprint density at radius 1 is 0.409 bits per heavy atom. The van der Waals surface area contributed by atoms with E-state index in [-0.39, 0.29) is 44.1 Å². The fraction of sp³-hybridized carbons (Fsp3) is 1.00. The third-order valence-corrected chi connectivity index (χ3v) is 10.2. The van der Waals surface area contributed by atoms with Crippen LogP contribution in [0.2, 0.25) is 0 Å². The average molecular weight is 309 g/mol. The van der Waals surface area contributed by atoms with Crippen LogP contribution < -0.4 is 0 Å². The zero-order valence-corrected chi connectivity index (χ0v) is 16.8. The third kappa shape index (κ3) is 1.12. The van der Waals surface area contributed by atoms with Gasteiger partial charge in [-0.2, -0.15) is 0 Å². The van der Waals surface area contributed by atoms with Crippen LogP contribution in [0.4, 0.5) is 0 Å². The number of fused-ring (bicyclic) bond motifs is 1. The van der Waals surface area contributed by atoms with Crippen molar-refractivity contribution in [3.8, 4) is 0 Å². The number of rotatable bonds is 1. The van der Waals surface area contributed by atoms with Crippen LogP contribution >= 0.6 is 0 Å². The molecule has 4 atom stereocenters. The van der Waals surface area contributed by atoms with Gasteiger partial charge in [0.15, 0.2) is 0 Å². The van der Waals surface area contributed by atoms with Gasteiger partial charge in [-0.1, -0.05) is 48.5 Å². The first-order valence-corrected chi connectivity index (χ1v) is 8.82. The highest BCUT2D eigenvalue weighted by molar-refractivity contribution is 5.39. The van der Waals surface area contributed by atoms with E-state index in [2.05, 4.69) is 83.1 Å². The zero-order chi connectivity index (χ0) is 17.4. The van der Waals surface area contributed by atoms with Gasteiger partial charge in [-0.15, -0.1) is 0 Å². The number of hydrogen-bond donors (Lipinski definition) is 0. The van der Waals surface area contributed by atoms with Crippen molar-refractivity contribution in [2.75, 3.05) is 0 Å². The molecule has 0 aromatic heterocycles. The first-order chi connectivity index (χ1) is 9.41. The topological polar surface area (TPSA) is 25.1 Å². The SMILES string of the molecule is CC1(C)OC1(C)C1(C)C(C)(C)C(C)(C)C2(C)OC2(C)C1(C)C. The summed E-state index contributed by atoms with van der Waals surface area (Å²) in [5.74, 6) is 0. The van der Waals surface area contributed by atoms with Gasteiger partial charge in [0.2, 0.25) is 0 Å². The van der Waals surface area contributed by atoms with Crippen molar-refractivity contribution < 1.29 is 9.47 Å². The van der Waals surface area contributed by atoms with Crippen LogP contribution in [0.1, 0.15) is 83.1 Å². The van der Waals surface area contributed by atoms with Gasteiger partial charge < -0.3 is 9.47 Å². The molecule has 1 saturated carbocycles. The smallest absolute Gasteiger partial charge is 0.101 e. The Bertz CT molecular complexity index is 558. The van der Waals surface area contributed by atoms with Crippen LogP contribution in [-0.4, -0.2) is 22.4 Å². The molecule has 3 fully saturated rings. The largest absolute Gasteiger partial charge is 0.363 e. The minimum Gasteiger partial charge on any atom is -0.363 e. The summed E-state index contributed by atoms with van der Waals surface area (Å²) in [7, 11) is 0. The molecular formula is C20H36O2. The van der Waals surface area contributed by atoms with Gasteiger partial charge in [-0.3, -0.25) is 0 Å². The Balaban J connectivity index is 2.30. The quantitative estimate of drug-likeness (QED) is 0.622. The van der Waals surface area contributed by atoms with Crippen LogP contribution in [0.3, 0.4) is 0 Å². The Hall–Kier alpha value is -0.0800. The Labute approximate surface area is 137 Å². The van der Waals surface area contributed by atoms with E-state index in [1.807, 2.05) is 0 Å². The van der Waals surface area contributed by atoms with E-state index in [1.54, 1.807) is 0 Å². The number of hydrogen-bond acceptors (Lipinski definition) is 2. The van der Waals surface area contributed by atoms with Crippen LogP contribution in [0.15, 0.2) is 0 Å². The maximum atomic E-state index is 6.55. The van der Waals surface area contributed by atoms with Crippen molar-refractivity contribution >= 4 is 0 Å². The third-order valence-electron chi connectivity index (χ3n) is 10.2. The van der Waals surface area contributed by atoms with E-state index in [0.717, 1.165) is 0 Å². The van der Waals surface area contributed by atoms with Gasteiger partial charge in [-0.05, 0) is 40.0 Å². The summed E-state index contributed by atoms with van der Waals surface area (Å²) in [6.07, 6.45) is 0. The zero-order valence-electron chi connectivity index (χ0n) is 16.8. The molecule has 2 aliphatic heterocycles. The molecule has 22 heavy (non-hydrogen) atoms. The molecule has 2 heteroatoms. The highest BCUT2D eigenvalue weighted by atomic mass is 16.6. The molecule has 0 radical (unpaired) electrons. The lowest BCUT2D eigenvalue weighted by atomic mass is 9.32. The number of ether oxygens (including phenoxy) is 2. The first kappa shape index (κ1) is 16.8. The number of epoxide rings is 2. The molecule has 0 aromatic rings. The van der Waals surface area contributed by atoms with Gasteiger partial charge in [0.05, 0.1) is 5.60 Å². The van der Waals surface area contributed by atoms with Crippen molar-refractivity contribution in [2.45, 2.75) is 105 Å². The van der Waals surface area contributed by atoms with Crippen molar-refractivity contribution in [3.05, 3.63) is 0 Å². The lowest BCUT2D eigenvalue weighted by Crippen LogP contribution is -2.72. The first-order valence-electron chi connectivity index (χ1n) is 8.82. The molecule has 1 aliphatic carbocycles. The molecule has 0 bridgehead atoms. The molecule has 2 saturated heterocycles. The van der Waals surface area contributed by atoms with Crippen molar-refractivity contribution in [1.29, 1.82) is 0 Å². The van der Waals surface area contributed by atoms with Gasteiger partial charge in [0.25, 0.3) is 0 Å². The van der Waals surface area contributed by atoms with Crippen molar-refractivity contribution in [2.24, 2.45) is 21.7 Å². The molecule has 0 amide bonds. The Morgan fingerprint density at radius 2 is 0.773 bits per heavy atom. The van der Waals surface area contributed by atoms with Crippen LogP contribution in [0.25, 0.3) is 0 Å². The van der Waals surface area contributed by atoms with Crippen LogP contribution in [0.5, 0.6) is 0 Å². The van der Waals surface area contributed by atoms with Crippen LogP contribution in [0, 0.1) is 21.7 Å². The molecule has 0 aromatic carbocycles. The highest BCUT2D eigenvalue weighted by Gasteiger charge is 2.91. The van der Waals surface area contributed by atoms with Gasteiger partial charge in [0, 0.05) is 16.2 Å². The fourth-order valence-electron chi connectivity index (χ4n) is 6.69. The minimum absolute atomic E-state index is 0.00917. The summed E-state index contributed by atoms with van der Waals surface area (Å²) in [4.78, 5) is 0. The van der Waals surface area contributed by atoms with Crippen molar-refractivity contribution in [3.63, 3.8) is 0 Å². The minimum atomic E-state index is -0.138. The molecule has 2 heterocycles. The van der Waals surface area contributed by atoms with E-state index >= 15 is 0 Å². The fourth-order valence-corrected chi connectivity index (χ4v) is 6.69. The summed E-state index contributed by atoms with van der Waals surface area (Å²) in [5.41, 5.74) is -0.283. The van der Waals surface area contributed by atoms with E-state index < -0.39 is 0 Å². The lowest BCUT2D eigenvalue weighted by molar-refractivity contribution is -0.203. The second kappa shape index (κ2) is 3.33. The second-order valence-electron chi connectivity index (χ2n) is 10.8. The lowest BCUT2D eigenvalue weighted by Gasteiger charge is -2.68. The summed E-state index contributed by atoms with van der Waals surface area (Å²) >= 11 is 0. The molecular weight excluding hydrogens is 272 g/mol. The maximum absolute atomic E-state index is 6.55. The van der Waals surface area contributed by atoms with Crippen LogP contribution in [-0.2, 0) is 9.47 Å². The standard InChI is InChI=1S/C20H36O2/c1-13(2)14(3,4)18(10)19(11,22-18)15(5,6)17(13,9)20(12)16(7,8)21-20/h1-12H3. The Kier molecular flexibility index (Phi) is 2.54. The Morgan fingerprint density at radius 3 is 1.14 bits per heavy atom. The molecule has 3 rings (SSSR count). The molecule has 4 unspecified atom stereocenters. The molecule has 0 N–H and O–H groups in total. The van der Waals surface area contributed by atoms with E-state index in [0.29, 0.717) is 0 Å². The molecule has 0 spiro atoms. The molecule has 2 nitrogen and oxygen atoms in total. The predicted octanol–water partition coefficient (Wildman–Crippen LogP) is 5.20. The van der Waals surface area contributed by atoms with E-state index in [9.17, 15) is 0 Å². The highest BCUT2D eigenvalue weighted by Crippen LogP contribution is 2.85. The monoisotopic (exact) mass is 308 g/mol. The summed E-state index contributed by atoms with van der Waals surface area (Å²) in [5, 5.41) is 0. The predicted molar refractivity (Wildman–Crippen MR) is 90.9 cm³/mol.